The fraction of sp³-hybridized carbons (Fsp3) is 0.188. The van der Waals surface area contributed by atoms with E-state index in [4.69, 9.17) is 8.83 Å². The van der Waals surface area contributed by atoms with Crippen molar-refractivity contribution in [2.24, 2.45) is 0 Å². The molecule has 0 saturated heterocycles. The molecule has 0 saturated carbocycles. The average Bonchev–Trinajstić information content (AvgIpc) is 3.25. The van der Waals surface area contributed by atoms with Gasteiger partial charge in [-0.2, -0.15) is 0 Å². The number of hydrogen-bond acceptors (Lipinski definition) is 6. The Labute approximate surface area is 137 Å². The number of rotatable bonds is 6. The van der Waals surface area contributed by atoms with E-state index in [1.807, 2.05) is 36.4 Å². The average molecular weight is 329 g/mol. The summed E-state index contributed by atoms with van der Waals surface area (Å²) in [5.74, 6) is 1.03. The number of thioether (sulfide) groups is 1. The van der Waals surface area contributed by atoms with Gasteiger partial charge < -0.3 is 14.2 Å². The highest BCUT2D eigenvalue weighted by Crippen LogP contribution is 2.26. The molecule has 1 aromatic carbocycles. The van der Waals surface area contributed by atoms with Gasteiger partial charge in [-0.25, -0.2) is 0 Å². The van der Waals surface area contributed by atoms with Crippen molar-refractivity contribution in [2.75, 3.05) is 0 Å². The zero-order valence-electron chi connectivity index (χ0n) is 12.4. The zero-order chi connectivity index (χ0) is 16.1. The Balaban J connectivity index is 1.56. The molecular weight excluding hydrogens is 314 g/mol. The number of furan rings is 1. The molecule has 2 aromatic heterocycles. The maximum absolute atomic E-state index is 12.1. The fourth-order valence-corrected chi connectivity index (χ4v) is 2.60. The highest BCUT2D eigenvalue weighted by Gasteiger charge is 2.18. The molecule has 0 aliphatic carbocycles. The fourth-order valence-electron chi connectivity index (χ4n) is 1.89. The highest BCUT2D eigenvalue weighted by molar-refractivity contribution is 8.00. The number of benzene rings is 1. The molecule has 23 heavy (non-hydrogen) atoms. The molecule has 0 fully saturated rings. The first kappa shape index (κ1) is 15.4. The van der Waals surface area contributed by atoms with Gasteiger partial charge in [0.2, 0.25) is 11.8 Å². The maximum Gasteiger partial charge on any atom is 0.277 e. The van der Waals surface area contributed by atoms with Gasteiger partial charge in [0.1, 0.15) is 5.76 Å². The van der Waals surface area contributed by atoms with Crippen LogP contribution in [0, 0.1) is 0 Å². The SMILES string of the molecule is C[C@H](Sc1nnc(-c2ccccc2)o1)C(=O)NCc1ccco1. The summed E-state index contributed by atoms with van der Waals surface area (Å²) in [6.07, 6.45) is 1.57. The number of amides is 1. The third kappa shape index (κ3) is 4.01. The molecule has 1 amide bonds. The van der Waals surface area contributed by atoms with Gasteiger partial charge >= 0.3 is 0 Å². The first-order chi connectivity index (χ1) is 11.2. The van der Waals surface area contributed by atoms with Crippen LogP contribution in [0.1, 0.15) is 12.7 Å². The van der Waals surface area contributed by atoms with E-state index in [1.54, 1.807) is 19.3 Å². The molecule has 2 heterocycles. The van der Waals surface area contributed by atoms with E-state index in [1.165, 1.54) is 11.8 Å². The number of aromatic nitrogens is 2. The molecule has 3 aromatic rings. The van der Waals surface area contributed by atoms with E-state index in [2.05, 4.69) is 15.5 Å². The van der Waals surface area contributed by atoms with E-state index in [-0.39, 0.29) is 11.2 Å². The minimum absolute atomic E-state index is 0.120. The molecule has 6 nitrogen and oxygen atoms in total. The summed E-state index contributed by atoms with van der Waals surface area (Å²) in [6, 6.07) is 13.1. The lowest BCUT2D eigenvalue weighted by Crippen LogP contribution is -2.30. The Morgan fingerprint density at radius 3 is 2.78 bits per heavy atom. The van der Waals surface area contributed by atoms with Gasteiger partial charge in [-0.1, -0.05) is 30.0 Å². The topological polar surface area (TPSA) is 81.2 Å². The summed E-state index contributed by atoms with van der Waals surface area (Å²) in [5, 5.41) is 10.8. The summed E-state index contributed by atoms with van der Waals surface area (Å²) in [7, 11) is 0. The van der Waals surface area contributed by atoms with Crippen molar-refractivity contribution in [3.8, 4) is 11.5 Å². The van der Waals surface area contributed by atoms with Gasteiger partial charge in [-0.05, 0) is 31.2 Å². The Hall–Kier alpha value is -2.54. The largest absolute Gasteiger partial charge is 0.467 e. The van der Waals surface area contributed by atoms with Crippen LogP contribution in [0.5, 0.6) is 0 Å². The number of carbonyl (C=O) groups is 1. The molecule has 118 valence electrons. The van der Waals surface area contributed by atoms with E-state index < -0.39 is 0 Å². The second kappa shape index (κ2) is 7.15. The van der Waals surface area contributed by atoms with Crippen molar-refractivity contribution in [2.45, 2.75) is 23.9 Å². The van der Waals surface area contributed by atoms with Crippen LogP contribution in [-0.4, -0.2) is 21.4 Å². The van der Waals surface area contributed by atoms with Crippen LogP contribution in [0.15, 0.2) is 62.8 Å². The van der Waals surface area contributed by atoms with Gasteiger partial charge in [0, 0.05) is 5.56 Å². The molecule has 0 bridgehead atoms. The van der Waals surface area contributed by atoms with Crippen LogP contribution in [-0.2, 0) is 11.3 Å². The van der Waals surface area contributed by atoms with Crippen molar-refractivity contribution >= 4 is 17.7 Å². The summed E-state index contributed by atoms with van der Waals surface area (Å²) in [6.45, 7) is 2.14. The Kier molecular flexibility index (Phi) is 4.77. The molecule has 0 unspecified atom stereocenters. The van der Waals surface area contributed by atoms with Crippen molar-refractivity contribution in [1.82, 2.24) is 15.5 Å². The Bertz CT molecular complexity index is 756. The van der Waals surface area contributed by atoms with Crippen molar-refractivity contribution < 1.29 is 13.6 Å². The van der Waals surface area contributed by atoms with Crippen LogP contribution >= 0.6 is 11.8 Å². The molecule has 0 radical (unpaired) electrons. The molecule has 1 atom stereocenters. The molecule has 3 rings (SSSR count). The van der Waals surface area contributed by atoms with Gasteiger partial charge in [0.15, 0.2) is 0 Å². The number of hydrogen-bond donors (Lipinski definition) is 1. The minimum atomic E-state index is -0.353. The minimum Gasteiger partial charge on any atom is -0.467 e. The second-order valence-electron chi connectivity index (χ2n) is 4.80. The van der Waals surface area contributed by atoms with Gasteiger partial charge in [-0.15, -0.1) is 10.2 Å². The molecule has 7 heteroatoms. The quantitative estimate of drug-likeness (QED) is 0.700. The first-order valence-corrected chi connectivity index (χ1v) is 7.96. The number of carbonyl (C=O) groups excluding carboxylic acids is 1. The molecule has 0 aliphatic heterocycles. The summed E-state index contributed by atoms with van der Waals surface area (Å²) in [5.41, 5.74) is 0.849. The lowest BCUT2D eigenvalue weighted by Gasteiger charge is -2.08. The van der Waals surface area contributed by atoms with Gasteiger partial charge in [-0.3, -0.25) is 4.79 Å². The highest BCUT2D eigenvalue weighted by atomic mass is 32.2. The first-order valence-electron chi connectivity index (χ1n) is 7.08. The van der Waals surface area contributed by atoms with Crippen molar-refractivity contribution in [3.63, 3.8) is 0 Å². The van der Waals surface area contributed by atoms with Crippen LogP contribution in [0.4, 0.5) is 0 Å². The third-order valence-electron chi connectivity index (χ3n) is 3.09. The third-order valence-corrected chi connectivity index (χ3v) is 4.03. The number of nitrogens with zero attached hydrogens (tertiary/aromatic N) is 2. The van der Waals surface area contributed by atoms with Crippen LogP contribution in [0.2, 0.25) is 0 Å². The second-order valence-corrected chi connectivity index (χ2v) is 6.09. The van der Waals surface area contributed by atoms with E-state index in [9.17, 15) is 4.79 Å². The van der Waals surface area contributed by atoms with E-state index in [0.717, 1.165) is 5.56 Å². The normalized spacial score (nSPS) is 12.0. The maximum atomic E-state index is 12.1. The Morgan fingerprint density at radius 2 is 2.04 bits per heavy atom. The smallest absolute Gasteiger partial charge is 0.277 e. The van der Waals surface area contributed by atoms with Gasteiger partial charge in [0.25, 0.3) is 5.22 Å². The Morgan fingerprint density at radius 1 is 1.22 bits per heavy atom. The zero-order valence-corrected chi connectivity index (χ0v) is 13.2. The molecule has 0 aliphatic rings. The predicted octanol–water partition coefficient (Wildman–Crippen LogP) is 3.13. The van der Waals surface area contributed by atoms with Crippen LogP contribution < -0.4 is 5.32 Å². The summed E-state index contributed by atoms with van der Waals surface area (Å²) >= 11 is 1.22. The lowest BCUT2D eigenvalue weighted by molar-refractivity contribution is -0.120. The van der Waals surface area contributed by atoms with Gasteiger partial charge in [0.05, 0.1) is 18.1 Å². The van der Waals surface area contributed by atoms with E-state index in [0.29, 0.717) is 23.4 Å². The van der Waals surface area contributed by atoms with Crippen molar-refractivity contribution in [3.05, 3.63) is 54.5 Å². The lowest BCUT2D eigenvalue weighted by atomic mass is 10.2. The summed E-state index contributed by atoms with van der Waals surface area (Å²) in [4.78, 5) is 12.1. The monoisotopic (exact) mass is 329 g/mol. The molecule has 0 spiro atoms. The molecule has 1 N–H and O–H groups in total. The predicted molar refractivity (Wildman–Crippen MR) is 85.6 cm³/mol. The standard InChI is InChI=1S/C16H15N3O3S/c1-11(14(20)17-10-13-8-5-9-21-13)23-16-19-18-15(22-16)12-6-3-2-4-7-12/h2-9,11H,10H2,1H3,(H,17,20)/t11-/m0/s1. The van der Waals surface area contributed by atoms with Crippen LogP contribution in [0.3, 0.4) is 0 Å². The van der Waals surface area contributed by atoms with E-state index >= 15 is 0 Å². The molecular formula is C16H15N3O3S. The number of nitrogens with one attached hydrogen (secondary N) is 1. The van der Waals surface area contributed by atoms with Crippen molar-refractivity contribution in [1.29, 1.82) is 0 Å². The van der Waals surface area contributed by atoms with Crippen LogP contribution in [0.25, 0.3) is 11.5 Å². The summed E-state index contributed by atoms with van der Waals surface area (Å²) < 4.78 is 10.8.